The summed E-state index contributed by atoms with van der Waals surface area (Å²) in [7, 11) is 1.68. The van der Waals surface area contributed by atoms with E-state index in [0.29, 0.717) is 6.61 Å². The third-order valence-electron chi connectivity index (χ3n) is 2.13. The lowest BCUT2D eigenvalue weighted by atomic mass is 10.1. The monoisotopic (exact) mass is 176 g/mol. The van der Waals surface area contributed by atoms with Gasteiger partial charge >= 0.3 is 0 Å². The Hall–Kier alpha value is -1.28. The lowest BCUT2D eigenvalue weighted by Crippen LogP contribution is -1.98. The summed E-state index contributed by atoms with van der Waals surface area (Å²) in [5.74, 6) is 0.888. The number of methoxy groups -OCH3 is 1. The highest BCUT2D eigenvalue weighted by molar-refractivity contribution is 5.37. The van der Waals surface area contributed by atoms with E-state index >= 15 is 0 Å². The van der Waals surface area contributed by atoms with E-state index in [1.54, 1.807) is 7.11 Å². The maximum Gasteiger partial charge on any atom is 0.124 e. The third-order valence-corrected chi connectivity index (χ3v) is 2.13. The van der Waals surface area contributed by atoms with Gasteiger partial charge in [0.2, 0.25) is 0 Å². The van der Waals surface area contributed by atoms with Crippen LogP contribution < -0.4 is 4.74 Å². The first kappa shape index (κ1) is 8.32. The van der Waals surface area contributed by atoms with Crippen LogP contribution in [-0.4, -0.2) is 13.7 Å². The molecule has 1 aromatic rings. The molecule has 0 fully saturated rings. The molecule has 0 amide bonds. The molecule has 1 heterocycles. The van der Waals surface area contributed by atoms with Crippen LogP contribution >= 0.6 is 0 Å². The largest absolute Gasteiger partial charge is 0.496 e. The summed E-state index contributed by atoms with van der Waals surface area (Å²) in [5, 5.41) is 0. The van der Waals surface area contributed by atoms with Crippen molar-refractivity contribution in [2.75, 3.05) is 13.7 Å². The Morgan fingerprint density at radius 3 is 2.92 bits per heavy atom. The molecular weight excluding hydrogens is 164 g/mol. The molecule has 2 heteroatoms. The van der Waals surface area contributed by atoms with Gasteiger partial charge in [0.1, 0.15) is 11.9 Å². The van der Waals surface area contributed by atoms with Crippen molar-refractivity contribution < 1.29 is 9.47 Å². The minimum Gasteiger partial charge on any atom is -0.496 e. The molecule has 1 aromatic carbocycles. The molecule has 0 bridgehead atoms. The molecule has 1 atom stereocenters. The Morgan fingerprint density at radius 2 is 2.23 bits per heavy atom. The van der Waals surface area contributed by atoms with E-state index < -0.39 is 0 Å². The maximum atomic E-state index is 5.49. The fraction of sp³-hybridized carbons (Fsp3) is 0.273. The van der Waals surface area contributed by atoms with E-state index in [1.165, 1.54) is 0 Å². The Bertz CT molecular complexity index is 318. The minimum atomic E-state index is 0.0659. The fourth-order valence-electron chi connectivity index (χ4n) is 1.49. The standard InChI is InChI=1S/C11H12O2/c1-12-10-6-3-2-5-9(10)11-7-4-8-13-11/h2-7,11H,8H2,1H3. The number of ether oxygens (including phenoxy) is 2. The van der Waals surface area contributed by atoms with Crippen molar-refractivity contribution in [2.24, 2.45) is 0 Å². The predicted octanol–water partition coefficient (Wildman–Crippen LogP) is 2.32. The molecule has 1 unspecified atom stereocenters. The van der Waals surface area contributed by atoms with Crippen molar-refractivity contribution in [1.29, 1.82) is 0 Å². The van der Waals surface area contributed by atoms with E-state index in [4.69, 9.17) is 9.47 Å². The topological polar surface area (TPSA) is 18.5 Å². The van der Waals surface area contributed by atoms with E-state index in [1.807, 2.05) is 30.3 Å². The molecule has 0 saturated carbocycles. The zero-order chi connectivity index (χ0) is 9.10. The van der Waals surface area contributed by atoms with Crippen LogP contribution in [0.15, 0.2) is 36.4 Å². The maximum absolute atomic E-state index is 5.49. The summed E-state index contributed by atoms with van der Waals surface area (Å²) >= 11 is 0. The van der Waals surface area contributed by atoms with Crippen molar-refractivity contribution in [3.05, 3.63) is 42.0 Å². The van der Waals surface area contributed by atoms with E-state index in [9.17, 15) is 0 Å². The predicted molar refractivity (Wildman–Crippen MR) is 50.8 cm³/mol. The van der Waals surface area contributed by atoms with Gasteiger partial charge in [0.05, 0.1) is 13.7 Å². The number of benzene rings is 1. The van der Waals surface area contributed by atoms with Gasteiger partial charge in [-0.25, -0.2) is 0 Å². The van der Waals surface area contributed by atoms with Crippen molar-refractivity contribution in [2.45, 2.75) is 6.10 Å². The van der Waals surface area contributed by atoms with Gasteiger partial charge in [-0.05, 0) is 6.07 Å². The molecule has 1 aliphatic rings. The molecule has 1 aliphatic heterocycles. The second-order valence-corrected chi connectivity index (χ2v) is 2.92. The van der Waals surface area contributed by atoms with Crippen molar-refractivity contribution in [3.63, 3.8) is 0 Å². The molecular formula is C11H12O2. The highest BCUT2D eigenvalue weighted by Gasteiger charge is 2.15. The number of hydrogen-bond donors (Lipinski definition) is 0. The van der Waals surface area contributed by atoms with Crippen molar-refractivity contribution in [1.82, 2.24) is 0 Å². The van der Waals surface area contributed by atoms with Gasteiger partial charge in [0.15, 0.2) is 0 Å². The summed E-state index contributed by atoms with van der Waals surface area (Å²) in [6.45, 7) is 0.697. The first-order chi connectivity index (χ1) is 6.42. The van der Waals surface area contributed by atoms with Crippen LogP contribution in [0, 0.1) is 0 Å². The highest BCUT2D eigenvalue weighted by atomic mass is 16.5. The van der Waals surface area contributed by atoms with Crippen molar-refractivity contribution in [3.8, 4) is 5.75 Å². The van der Waals surface area contributed by atoms with Crippen LogP contribution in [0.25, 0.3) is 0 Å². The molecule has 2 nitrogen and oxygen atoms in total. The van der Waals surface area contributed by atoms with Gasteiger partial charge in [-0.15, -0.1) is 0 Å². The number of rotatable bonds is 2. The SMILES string of the molecule is COc1ccccc1C1C=CCO1. The number of para-hydroxylation sites is 1. The molecule has 0 aliphatic carbocycles. The minimum absolute atomic E-state index is 0.0659. The van der Waals surface area contributed by atoms with E-state index in [2.05, 4.69) is 6.08 Å². The average molecular weight is 176 g/mol. The molecule has 0 radical (unpaired) electrons. The number of hydrogen-bond acceptors (Lipinski definition) is 2. The summed E-state index contributed by atoms with van der Waals surface area (Å²) in [5.41, 5.74) is 1.10. The first-order valence-electron chi connectivity index (χ1n) is 4.33. The summed E-state index contributed by atoms with van der Waals surface area (Å²) in [4.78, 5) is 0. The van der Waals surface area contributed by atoms with Crippen LogP contribution in [0.5, 0.6) is 5.75 Å². The van der Waals surface area contributed by atoms with Gasteiger partial charge in [-0.3, -0.25) is 0 Å². The van der Waals surface area contributed by atoms with Crippen LogP contribution in [0.1, 0.15) is 11.7 Å². The fourth-order valence-corrected chi connectivity index (χ4v) is 1.49. The Morgan fingerprint density at radius 1 is 1.38 bits per heavy atom. The summed E-state index contributed by atoms with van der Waals surface area (Å²) in [6.07, 6.45) is 4.14. The summed E-state index contributed by atoms with van der Waals surface area (Å²) < 4.78 is 10.7. The summed E-state index contributed by atoms with van der Waals surface area (Å²) in [6, 6.07) is 7.93. The van der Waals surface area contributed by atoms with Crippen LogP contribution in [-0.2, 0) is 4.74 Å². The zero-order valence-electron chi connectivity index (χ0n) is 7.57. The molecule has 68 valence electrons. The smallest absolute Gasteiger partial charge is 0.124 e. The highest BCUT2D eigenvalue weighted by Crippen LogP contribution is 2.30. The zero-order valence-corrected chi connectivity index (χ0v) is 7.57. The molecule has 13 heavy (non-hydrogen) atoms. The van der Waals surface area contributed by atoms with Gasteiger partial charge in [0.25, 0.3) is 0 Å². The Balaban J connectivity index is 2.32. The first-order valence-corrected chi connectivity index (χ1v) is 4.33. The van der Waals surface area contributed by atoms with Gasteiger partial charge in [-0.2, -0.15) is 0 Å². The van der Waals surface area contributed by atoms with Crippen molar-refractivity contribution >= 4 is 0 Å². The quantitative estimate of drug-likeness (QED) is 0.644. The molecule has 0 aromatic heterocycles. The second-order valence-electron chi connectivity index (χ2n) is 2.92. The Labute approximate surface area is 77.8 Å². The Kier molecular flexibility index (Phi) is 2.32. The van der Waals surface area contributed by atoms with Crippen LogP contribution in [0.4, 0.5) is 0 Å². The van der Waals surface area contributed by atoms with Gasteiger partial charge in [0, 0.05) is 5.56 Å². The third kappa shape index (κ3) is 1.58. The molecule has 0 saturated heterocycles. The molecule has 0 N–H and O–H groups in total. The van der Waals surface area contributed by atoms with Gasteiger partial charge in [-0.1, -0.05) is 30.4 Å². The van der Waals surface area contributed by atoms with Crippen LogP contribution in [0.3, 0.4) is 0 Å². The van der Waals surface area contributed by atoms with E-state index in [-0.39, 0.29) is 6.10 Å². The normalized spacial score (nSPS) is 20.5. The van der Waals surface area contributed by atoms with E-state index in [0.717, 1.165) is 11.3 Å². The second kappa shape index (κ2) is 3.62. The lowest BCUT2D eigenvalue weighted by Gasteiger charge is -2.12. The molecule has 0 spiro atoms. The lowest BCUT2D eigenvalue weighted by molar-refractivity contribution is 0.127. The molecule has 2 rings (SSSR count). The average Bonchev–Trinajstić information content (AvgIpc) is 2.70. The van der Waals surface area contributed by atoms with Crippen LogP contribution in [0.2, 0.25) is 0 Å². The van der Waals surface area contributed by atoms with Gasteiger partial charge < -0.3 is 9.47 Å².